The van der Waals surface area contributed by atoms with Crippen LogP contribution in [0.5, 0.6) is 5.75 Å². The molecule has 164 valence electrons. The number of nitrogens with zero attached hydrogens (tertiary/aromatic N) is 4. The van der Waals surface area contributed by atoms with Crippen LogP contribution in [0.25, 0.3) is 5.69 Å². The molecule has 6 nitrogen and oxygen atoms in total. The molecule has 2 heterocycles. The van der Waals surface area contributed by atoms with Gasteiger partial charge in [-0.05, 0) is 60.4 Å². The van der Waals surface area contributed by atoms with Gasteiger partial charge >= 0.3 is 0 Å². The van der Waals surface area contributed by atoms with Gasteiger partial charge in [-0.2, -0.15) is 5.10 Å². The van der Waals surface area contributed by atoms with Gasteiger partial charge in [-0.15, -0.1) is 0 Å². The molecule has 6 heteroatoms. The predicted octanol–water partition coefficient (Wildman–Crippen LogP) is 3.26. The lowest BCUT2D eigenvalue weighted by molar-refractivity contribution is 0.0498. The van der Waals surface area contributed by atoms with E-state index >= 15 is 0 Å². The van der Waals surface area contributed by atoms with Gasteiger partial charge in [0.15, 0.2) is 0 Å². The molecule has 0 saturated carbocycles. The molecule has 1 fully saturated rings. The van der Waals surface area contributed by atoms with Gasteiger partial charge in [0.25, 0.3) is 0 Å². The minimum atomic E-state index is 0.213. The van der Waals surface area contributed by atoms with Crippen LogP contribution in [0.1, 0.15) is 23.1 Å². The van der Waals surface area contributed by atoms with E-state index < -0.39 is 0 Å². The van der Waals surface area contributed by atoms with Crippen molar-refractivity contribution >= 4 is 0 Å². The van der Waals surface area contributed by atoms with Gasteiger partial charge in [0.1, 0.15) is 5.75 Å². The zero-order chi connectivity index (χ0) is 21.6. The number of aromatic nitrogens is 2. The van der Waals surface area contributed by atoms with Crippen LogP contribution in [0.4, 0.5) is 0 Å². The SMILES string of the molecule is COc1cccc(CN2CCN(Cc3ccc(-n4cccn4)cc3C)C[C@H]2CCO)c1. The molecule has 1 aliphatic heterocycles. The summed E-state index contributed by atoms with van der Waals surface area (Å²) in [7, 11) is 1.70. The van der Waals surface area contributed by atoms with E-state index in [0.717, 1.165) is 50.6 Å². The lowest BCUT2D eigenvalue weighted by Crippen LogP contribution is -2.52. The quantitative estimate of drug-likeness (QED) is 0.606. The topological polar surface area (TPSA) is 53.8 Å². The highest BCUT2D eigenvalue weighted by atomic mass is 16.5. The fourth-order valence-corrected chi connectivity index (χ4v) is 4.40. The van der Waals surface area contributed by atoms with Gasteiger partial charge in [0.2, 0.25) is 0 Å². The smallest absolute Gasteiger partial charge is 0.119 e. The number of aliphatic hydroxyl groups is 1. The average molecular weight is 421 g/mol. The number of rotatable bonds is 8. The fourth-order valence-electron chi connectivity index (χ4n) is 4.40. The second kappa shape index (κ2) is 10.1. The van der Waals surface area contributed by atoms with Crippen molar-refractivity contribution in [3.8, 4) is 11.4 Å². The number of piperazine rings is 1. The molecule has 31 heavy (non-hydrogen) atoms. The molecule has 1 saturated heterocycles. The Morgan fingerprint density at radius 3 is 2.74 bits per heavy atom. The molecule has 1 N–H and O–H groups in total. The normalized spacial score (nSPS) is 17.7. The van der Waals surface area contributed by atoms with Gasteiger partial charge in [0, 0.05) is 57.8 Å². The third-order valence-corrected chi connectivity index (χ3v) is 6.16. The van der Waals surface area contributed by atoms with Crippen molar-refractivity contribution in [2.75, 3.05) is 33.4 Å². The zero-order valence-corrected chi connectivity index (χ0v) is 18.4. The van der Waals surface area contributed by atoms with Crippen LogP contribution in [0.2, 0.25) is 0 Å². The summed E-state index contributed by atoms with van der Waals surface area (Å²) < 4.78 is 7.27. The maximum absolute atomic E-state index is 9.65. The van der Waals surface area contributed by atoms with Crippen LogP contribution in [-0.4, -0.2) is 64.1 Å². The van der Waals surface area contributed by atoms with Crippen LogP contribution < -0.4 is 4.74 Å². The summed E-state index contributed by atoms with van der Waals surface area (Å²) in [6, 6.07) is 17.1. The molecule has 0 unspecified atom stereocenters. The van der Waals surface area contributed by atoms with E-state index in [0.29, 0.717) is 6.04 Å². The van der Waals surface area contributed by atoms with Crippen molar-refractivity contribution in [2.45, 2.75) is 32.5 Å². The first kappa shape index (κ1) is 21.6. The summed E-state index contributed by atoms with van der Waals surface area (Å²) in [4.78, 5) is 5.01. The summed E-state index contributed by atoms with van der Waals surface area (Å²) in [5.41, 5.74) is 4.97. The summed E-state index contributed by atoms with van der Waals surface area (Å²) in [5, 5.41) is 14.0. The number of aryl methyl sites for hydroxylation is 1. The Labute approximate surface area is 184 Å². The second-order valence-electron chi connectivity index (χ2n) is 8.28. The van der Waals surface area contributed by atoms with Crippen molar-refractivity contribution in [1.82, 2.24) is 19.6 Å². The molecule has 2 aromatic carbocycles. The van der Waals surface area contributed by atoms with Gasteiger partial charge in [-0.3, -0.25) is 9.80 Å². The Balaban J connectivity index is 1.41. The zero-order valence-electron chi connectivity index (χ0n) is 18.4. The van der Waals surface area contributed by atoms with Gasteiger partial charge < -0.3 is 9.84 Å². The Kier molecular flexibility index (Phi) is 7.02. The highest BCUT2D eigenvalue weighted by molar-refractivity contribution is 5.39. The van der Waals surface area contributed by atoms with E-state index in [1.165, 1.54) is 16.7 Å². The first-order valence-electron chi connectivity index (χ1n) is 11.0. The third kappa shape index (κ3) is 5.34. The predicted molar refractivity (Wildman–Crippen MR) is 122 cm³/mol. The van der Waals surface area contributed by atoms with E-state index in [9.17, 15) is 5.11 Å². The maximum Gasteiger partial charge on any atom is 0.119 e. The number of methoxy groups -OCH3 is 1. The van der Waals surface area contributed by atoms with Gasteiger partial charge in [-0.1, -0.05) is 18.2 Å². The monoisotopic (exact) mass is 420 g/mol. The summed E-state index contributed by atoms with van der Waals surface area (Å²) in [6.07, 6.45) is 4.56. The number of aliphatic hydroxyl groups excluding tert-OH is 1. The molecular formula is C25H32N4O2. The second-order valence-corrected chi connectivity index (χ2v) is 8.28. The number of ether oxygens (including phenoxy) is 1. The Morgan fingerprint density at radius 2 is 2.00 bits per heavy atom. The first-order chi connectivity index (χ1) is 15.2. The summed E-state index contributed by atoms with van der Waals surface area (Å²) in [5.74, 6) is 0.892. The van der Waals surface area contributed by atoms with E-state index in [4.69, 9.17) is 4.74 Å². The minimum absolute atomic E-state index is 0.213. The van der Waals surface area contributed by atoms with Crippen molar-refractivity contribution in [3.05, 3.63) is 77.6 Å². The van der Waals surface area contributed by atoms with E-state index in [1.54, 1.807) is 13.3 Å². The molecule has 1 aliphatic rings. The Bertz CT molecular complexity index is 973. The van der Waals surface area contributed by atoms with Crippen LogP contribution >= 0.6 is 0 Å². The Hall–Kier alpha value is -2.67. The first-order valence-corrected chi connectivity index (χ1v) is 11.0. The van der Waals surface area contributed by atoms with Crippen LogP contribution in [0.3, 0.4) is 0 Å². The lowest BCUT2D eigenvalue weighted by atomic mass is 10.0. The largest absolute Gasteiger partial charge is 0.497 e. The van der Waals surface area contributed by atoms with E-state index in [2.05, 4.69) is 52.2 Å². The lowest BCUT2D eigenvalue weighted by Gasteiger charge is -2.41. The highest BCUT2D eigenvalue weighted by Crippen LogP contribution is 2.22. The molecule has 0 amide bonds. The number of benzene rings is 2. The standard InChI is InChI=1S/C25H32N4O2/c1-20-15-23(29-11-4-10-26-29)8-7-22(20)18-27-12-13-28(24(19-27)9-14-30)17-21-5-3-6-25(16-21)31-2/h3-8,10-11,15-16,24,30H,9,12-14,17-19H2,1-2H3/t24-/m1/s1. The molecule has 0 spiro atoms. The van der Waals surface area contributed by atoms with Gasteiger partial charge in [-0.25, -0.2) is 4.68 Å². The van der Waals surface area contributed by atoms with Crippen LogP contribution in [-0.2, 0) is 13.1 Å². The average Bonchev–Trinajstić information content (AvgIpc) is 3.32. The van der Waals surface area contributed by atoms with Crippen LogP contribution in [0, 0.1) is 6.92 Å². The fraction of sp³-hybridized carbons (Fsp3) is 0.400. The van der Waals surface area contributed by atoms with Crippen molar-refractivity contribution in [1.29, 1.82) is 0 Å². The number of hydrogen-bond donors (Lipinski definition) is 1. The molecule has 1 atom stereocenters. The van der Waals surface area contributed by atoms with Crippen molar-refractivity contribution < 1.29 is 9.84 Å². The Morgan fingerprint density at radius 1 is 1.10 bits per heavy atom. The third-order valence-electron chi connectivity index (χ3n) is 6.16. The molecule has 1 aromatic heterocycles. The molecule has 3 aromatic rings. The molecule has 4 rings (SSSR count). The highest BCUT2D eigenvalue weighted by Gasteiger charge is 2.27. The minimum Gasteiger partial charge on any atom is -0.497 e. The van der Waals surface area contributed by atoms with Crippen LogP contribution in [0.15, 0.2) is 60.9 Å². The molecule has 0 radical (unpaired) electrons. The van der Waals surface area contributed by atoms with E-state index in [-0.39, 0.29) is 6.61 Å². The maximum atomic E-state index is 9.65. The van der Waals surface area contributed by atoms with E-state index in [1.807, 2.05) is 29.1 Å². The number of hydrogen-bond acceptors (Lipinski definition) is 5. The van der Waals surface area contributed by atoms with Crippen molar-refractivity contribution in [3.63, 3.8) is 0 Å². The molecular weight excluding hydrogens is 388 g/mol. The van der Waals surface area contributed by atoms with Crippen molar-refractivity contribution in [2.24, 2.45) is 0 Å². The van der Waals surface area contributed by atoms with Gasteiger partial charge in [0.05, 0.1) is 12.8 Å². The summed E-state index contributed by atoms with van der Waals surface area (Å²) >= 11 is 0. The molecule has 0 bridgehead atoms. The molecule has 0 aliphatic carbocycles. The summed E-state index contributed by atoms with van der Waals surface area (Å²) in [6.45, 7) is 7.17.